The molecular weight excluding hydrogens is 358 g/mol. The highest BCUT2D eigenvalue weighted by molar-refractivity contribution is 7.11. The highest BCUT2D eigenvalue weighted by atomic mass is 32.1. The molecule has 2 amide bonds. The van der Waals surface area contributed by atoms with Crippen LogP contribution in [0.1, 0.15) is 49.8 Å². The molecule has 0 aromatic carbocycles. The molecule has 2 fully saturated rings. The summed E-state index contributed by atoms with van der Waals surface area (Å²) in [7, 11) is 4.15. The van der Waals surface area contributed by atoms with Gasteiger partial charge in [0, 0.05) is 24.0 Å². The zero-order chi connectivity index (χ0) is 19.0. The predicted octanol–water partition coefficient (Wildman–Crippen LogP) is 3.19. The number of hydrogen-bond donors (Lipinski definition) is 0. The minimum Gasteiger partial charge on any atom is -0.366 e. The van der Waals surface area contributed by atoms with Crippen molar-refractivity contribution in [2.45, 2.75) is 57.0 Å². The van der Waals surface area contributed by atoms with E-state index in [1.54, 1.807) is 16.2 Å². The second-order valence-corrected chi connectivity index (χ2v) is 9.07. The number of carbonyl (C=O) groups excluding carboxylic acids is 2. The average Bonchev–Trinajstić information content (AvgIpc) is 3.28. The summed E-state index contributed by atoms with van der Waals surface area (Å²) < 4.78 is 0. The quantitative estimate of drug-likeness (QED) is 0.745. The number of amides is 2. The Kier molecular flexibility index (Phi) is 5.37. The van der Waals surface area contributed by atoms with Gasteiger partial charge in [0.1, 0.15) is 5.70 Å². The molecule has 1 saturated heterocycles. The summed E-state index contributed by atoms with van der Waals surface area (Å²) in [5, 5.41) is 1.98. The van der Waals surface area contributed by atoms with Crippen molar-refractivity contribution in [3.63, 3.8) is 0 Å². The van der Waals surface area contributed by atoms with Crippen molar-refractivity contribution in [2.24, 2.45) is 0 Å². The Bertz CT molecular complexity index is 729. The molecule has 3 heterocycles. The fourth-order valence-corrected chi connectivity index (χ4v) is 5.50. The van der Waals surface area contributed by atoms with Crippen LogP contribution in [0.15, 0.2) is 23.2 Å². The Morgan fingerprint density at radius 3 is 2.37 bits per heavy atom. The normalized spacial score (nSPS) is 23.6. The van der Waals surface area contributed by atoms with E-state index in [9.17, 15) is 9.59 Å². The van der Waals surface area contributed by atoms with Gasteiger partial charge in [0.2, 0.25) is 0 Å². The lowest BCUT2D eigenvalue weighted by molar-refractivity contribution is -0.141. The van der Waals surface area contributed by atoms with E-state index in [0.717, 1.165) is 56.5 Å². The van der Waals surface area contributed by atoms with Crippen LogP contribution in [-0.4, -0.2) is 65.8 Å². The third kappa shape index (κ3) is 3.45. The number of carbonyl (C=O) groups is 2. The van der Waals surface area contributed by atoms with Gasteiger partial charge in [-0.1, -0.05) is 25.3 Å². The van der Waals surface area contributed by atoms with Gasteiger partial charge in [-0.2, -0.15) is 0 Å². The Labute approximate surface area is 165 Å². The zero-order valence-corrected chi connectivity index (χ0v) is 17.1. The molecule has 0 bridgehead atoms. The van der Waals surface area contributed by atoms with Gasteiger partial charge in [0.25, 0.3) is 11.8 Å². The standard InChI is InChI=1S/C21H29N3O2S/c1-22-12-10-15(11-13-22)23(2)19-18(17-9-6-14-27-17)20(25)24(21(19)26)16-7-4-3-5-8-16/h6,9,14-16H,3-5,7-8,10-13H2,1-2H3. The van der Waals surface area contributed by atoms with E-state index < -0.39 is 0 Å². The van der Waals surface area contributed by atoms with Crippen LogP contribution >= 0.6 is 11.3 Å². The van der Waals surface area contributed by atoms with E-state index in [0.29, 0.717) is 17.3 Å². The lowest BCUT2D eigenvalue weighted by atomic mass is 9.94. The Morgan fingerprint density at radius 1 is 1.04 bits per heavy atom. The maximum absolute atomic E-state index is 13.5. The van der Waals surface area contributed by atoms with Crippen LogP contribution in [0.25, 0.3) is 5.57 Å². The van der Waals surface area contributed by atoms with Crippen LogP contribution in [0.3, 0.4) is 0 Å². The third-order valence-electron chi connectivity index (χ3n) is 6.39. The first-order chi connectivity index (χ1) is 13.1. The molecule has 146 valence electrons. The summed E-state index contributed by atoms with van der Waals surface area (Å²) in [5.74, 6) is -0.152. The van der Waals surface area contributed by atoms with Crippen LogP contribution < -0.4 is 0 Å². The van der Waals surface area contributed by atoms with Crippen LogP contribution in [-0.2, 0) is 9.59 Å². The molecule has 0 radical (unpaired) electrons. The van der Waals surface area contributed by atoms with Crippen molar-refractivity contribution < 1.29 is 9.59 Å². The van der Waals surface area contributed by atoms with Crippen molar-refractivity contribution in [3.05, 3.63) is 28.1 Å². The van der Waals surface area contributed by atoms with Crippen molar-refractivity contribution in [3.8, 4) is 0 Å². The molecule has 0 N–H and O–H groups in total. The second-order valence-electron chi connectivity index (χ2n) is 8.12. The molecule has 0 spiro atoms. The minimum atomic E-state index is -0.0795. The summed E-state index contributed by atoms with van der Waals surface area (Å²) >= 11 is 1.55. The molecular formula is C21H29N3O2S. The van der Waals surface area contributed by atoms with Gasteiger partial charge < -0.3 is 9.80 Å². The van der Waals surface area contributed by atoms with Crippen molar-refractivity contribution in [1.29, 1.82) is 0 Å². The first-order valence-corrected chi connectivity index (χ1v) is 11.0. The number of nitrogens with zero attached hydrogens (tertiary/aromatic N) is 3. The molecule has 1 aromatic rings. The van der Waals surface area contributed by atoms with Crippen LogP contribution in [0, 0.1) is 0 Å². The van der Waals surface area contributed by atoms with Gasteiger partial charge in [-0.15, -0.1) is 11.3 Å². The van der Waals surface area contributed by atoms with E-state index in [1.165, 1.54) is 6.42 Å². The number of hydrogen-bond acceptors (Lipinski definition) is 5. The summed E-state index contributed by atoms with van der Waals surface area (Å²) in [6, 6.07) is 4.31. The van der Waals surface area contributed by atoms with Gasteiger partial charge in [-0.3, -0.25) is 14.5 Å². The number of imide groups is 1. The molecule has 5 nitrogen and oxygen atoms in total. The fourth-order valence-electron chi connectivity index (χ4n) is 4.74. The predicted molar refractivity (Wildman–Crippen MR) is 108 cm³/mol. The van der Waals surface area contributed by atoms with Crippen LogP contribution in [0.4, 0.5) is 0 Å². The monoisotopic (exact) mass is 387 g/mol. The molecule has 2 aliphatic heterocycles. The lowest BCUT2D eigenvalue weighted by Gasteiger charge is -2.37. The number of piperidine rings is 1. The molecule has 1 saturated carbocycles. The van der Waals surface area contributed by atoms with E-state index in [4.69, 9.17) is 0 Å². The van der Waals surface area contributed by atoms with Gasteiger partial charge >= 0.3 is 0 Å². The molecule has 4 rings (SSSR count). The van der Waals surface area contributed by atoms with Crippen molar-refractivity contribution in [1.82, 2.24) is 14.7 Å². The summed E-state index contributed by atoms with van der Waals surface area (Å²) in [6.07, 6.45) is 7.37. The minimum absolute atomic E-state index is 0.0668. The molecule has 0 atom stereocenters. The highest BCUT2D eigenvalue weighted by Gasteiger charge is 2.45. The largest absolute Gasteiger partial charge is 0.366 e. The van der Waals surface area contributed by atoms with Gasteiger partial charge in [-0.25, -0.2) is 0 Å². The fraction of sp³-hybridized carbons (Fsp3) is 0.619. The number of likely N-dealkylation sites (N-methyl/N-ethyl adjacent to an activating group) is 1. The first kappa shape index (κ1) is 18.7. The molecule has 3 aliphatic rings. The van der Waals surface area contributed by atoms with Crippen LogP contribution in [0.2, 0.25) is 0 Å². The SMILES string of the molecule is CN1CCC(N(C)C2=C(c3cccs3)C(=O)N(C3CCCCC3)C2=O)CC1. The Morgan fingerprint density at radius 2 is 1.74 bits per heavy atom. The smallest absolute Gasteiger partial charge is 0.278 e. The molecule has 27 heavy (non-hydrogen) atoms. The van der Waals surface area contributed by atoms with Crippen molar-refractivity contribution >= 4 is 28.7 Å². The Hall–Kier alpha value is -1.66. The maximum Gasteiger partial charge on any atom is 0.278 e. The van der Waals surface area contributed by atoms with Gasteiger partial charge in [0.05, 0.1) is 5.57 Å². The number of rotatable bonds is 4. The third-order valence-corrected chi connectivity index (χ3v) is 7.27. The summed E-state index contributed by atoms with van der Waals surface area (Å²) in [4.78, 5) is 33.8. The molecule has 0 unspecified atom stereocenters. The maximum atomic E-state index is 13.5. The number of thiophene rings is 1. The van der Waals surface area contributed by atoms with E-state index in [2.05, 4.69) is 16.8 Å². The highest BCUT2D eigenvalue weighted by Crippen LogP contribution is 2.38. The average molecular weight is 388 g/mol. The first-order valence-electron chi connectivity index (χ1n) is 10.2. The zero-order valence-electron chi connectivity index (χ0n) is 16.3. The molecule has 1 aromatic heterocycles. The lowest BCUT2D eigenvalue weighted by Crippen LogP contribution is -2.46. The Balaban J connectivity index is 1.68. The van der Waals surface area contributed by atoms with E-state index in [-0.39, 0.29) is 17.9 Å². The topological polar surface area (TPSA) is 43.9 Å². The van der Waals surface area contributed by atoms with E-state index >= 15 is 0 Å². The van der Waals surface area contributed by atoms with Crippen LogP contribution in [0.5, 0.6) is 0 Å². The number of likely N-dealkylation sites (tertiary alicyclic amines) is 1. The molecule has 6 heteroatoms. The second kappa shape index (κ2) is 7.76. The molecule has 1 aliphatic carbocycles. The summed E-state index contributed by atoms with van der Waals surface area (Å²) in [5.41, 5.74) is 1.25. The van der Waals surface area contributed by atoms with Crippen molar-refractivity contribution in [2.75, 3.05) is 27.2 Å². The van der Waals surface area contributed by atoms with Gasteiger partial charge in [0.15, 0.2) is 0 Å². The summed E-state index contributed by atoms with van der Waals surface area (Å²) in [6.45, 7) is 2.07. The van der Waals surface area contributed by atoms with E-state index in [1.807, 2.05) is 24.6 Å². The van der Waals surface area contributed by atoms with Gasteiger partial charge in [-0.05, 0) is 57.3 Å².